The molecule has 0 rings (SSSR count). The zero-order valence-corrected chi connectivity index (χ0v) is 42.9. The number of rotatable bonds is 48. The van der Waals surface area contributed by atoms with Gasteiger partial charge in [-0.3, -0.25) is 14.4 Å². The molecule has 0 aromatic heterocycles. The van der Waals surface area contributed by atoms with Crippen LogP contribution in [-0.2, 0) is 28.6 Å². The van der Waals surface area contributed by atoms with Crippen LogP contribution in [0.3, 0.4) is 0 Å². The lowest BCUT2D eigenvalue weighted by Crippen LogP contribution is -2.30. The molecule has 0 N–H and O–H groups in total. The first-order valence-corrected chi connectivity index (χ1v) is 27.2. The Kier molecular flexibility index (Phi) is 50.9. The standard InChI is InChI=1S/C60H100O6/c1-4-7-10-13-16-19-22-25-27-29-30-31-33-35-38-41-44-47-50-53-59(62)65-56-57(55-64-58(61)52-49-46-43-40-37-34-24-21-18-15-12-9-6-3)66-60(63)54-51-48-45-42-39-36-32-28-26-23-20-17-14-11-8-5-2/h7,10,16,19,21,24-25,27-28,30-32,35,38,44,47,57H,4-6,8-9,11-15,17-18,20,22-23,26,29,33-34,36-37,39-43,45-46,48-56H2,1-3H3/b10-7-,19-16-,24-21-,27-25-,31-30-,32-28-,38-35-,47-44-. The van der Waals surface area contributed by atoms with E-state index in [2.05, 4.69) is 112 Å². The average molecular weight is 917 g/mol. The second-order valence-corrected chi connectivity index (χ2v) is 17.7. The van der Waals surface area contributed by atoms with Gasteiger partial charge in [0.2, 0.25) is 0 Å². The van der Waals surface area contributed by atoms with Crippen molar-refractivity contribution >= 4 is 17.9 Å². The summed E-state index contributed by atoms with van der Waals surface area (Å²) in [6.45, 7) is 6.43. The molecule has 6 nitrogen and oxygen atoms in total. The quantitative estimate of drug-likeness (QED) is 0.0262. The molecule has 1 unspecified atom stereocenters. The molecule has 0 saturated carbocycles. The van der Waals surface area contributed by atoms with Gasteiger partial charge in [0, 0.05) is 19.3 Å². The minimum atomic E-state index is -0.816. The van der Waals surface area contributed by atoms with E-state index in [1.165, 1.54) is 96.3 Å². The second kappa shape index (κ2) is 53.9. The van der Waals surface area contributed by atoms with Crippen molar-refractivity contribution in [3.8, 4) is 0 Å². The van der Waals surface area contributed by atoms with E-state index in [9.17, 15) is 14.4 Å². The topological polar surface area (TPSA) is 78.9 Å². The molecule has 0 spiro atoms. The molecule has 1 atom stereocenters. The maximum Gasteiger partial charge on any atom is 0.306 e. The van der Waals surface area contributed by atoms with Crippen LogP contribution in [-0.4, -0.2) is 37.2 Å². The Morgan fingerprint density at radius 2 is 0.621 bits per heavy atom. The van der Waals surface area contributed by atoms with Crippen molar-refractivity contribution < 1.29 is 28.6 Å². The van der Waals surface area contributed by atoms with E-state index < -0.39 is 6.10 Å². The van der Waals surface area contributed by atoms with E-state index in [1.807, 2.05) is 6.08 Å². The van der Waals surface area contributed by atoms with Crippen LogP contribution < -0.4 is 0 Å². The summed E-state index contributed by atoms with van der Waals surface area (Å²) in [4.78, 5) is 38.0. The minimum absolute atomic E-state index is 0.109. The molecular formula is C60H100O6. The summed E-state index contributed by atoms with van der Waals surface area (Å²) in [6, 6.07) is 0. The monoisotopic (exact) mass is 917 g/mol. The van der Waals surface area contributed by atoms with Gasteiger partial charge in [0.1, 0.15) is 13.2 Å². The van der Waals surface area contributed by atoms with E-state index in [4.69, 9.17) is 14.2 Å². The molecule has 0 radical (unpaired) electrons. The normalized spacial score (nSPS) is 12.8. The molecule has 0 aromatic carbocycles. The van der Waals surface area contributed by atoms with Crippen LogP contribution in [0.1, 0.15) is 245 Å². The summed E-state index contributed by atoms with van der Waals surface area (Å²) in [5.41, 5.74) is 0. The lowest BCUT2D eigenvalue weighted by molar-refractivity contribution is -0.166. The average Bonchev–Trinajstić information content (AvgIpc) is 3.31. The predicted octanol–water partition coefficient (Wildman–Crippen LogP) is 18.1. The van der Waals surface area contributed by atoms with Crippen LogP contribution >= 0.6 is 0 Å². The second-order valence-electron chi connectivity index (χ2n) is 17.7. The van der Waals surface area contributed by atoms with Crippen LogP contribution in [0, 0.1) is 0 Å². The summed E-state index contributed by atoms with van der Waals surface area (Å²) in [5, 5.41) is 0. The van der Waals surface area contributed by atoms with Crippen molar-refractivity contribution in [2.24, 2.45) is 0 Å². The molecular weight excluding hydrogens is 817 g/mol. The molecule has 0 bridgehead atoms. The van der Waals surface area contributed by atoms with E-state index in [1.54, 1.807) is 0 Å². The zero-order valence-electron chi connectivity index (χ0n) is 42.9. The van der Waals surface area contributed by atoms with Crippen molar-refractivity contribution in [1.29, 1.82) is 0 Å². The van der Waals surface area contributed by atoms with Gasteiger partial charge in [-0.15, -0.1) is 0 Å². The van der Waals surface area contributed by atoms with Crippen molar-refractivity contribution in [2.75, 3.05) is 13.2 Å². The lowest BCUT2D eigenvalue weighted by Gasteiger charge is -2.18. The SMILES string of the molecule is CC/C=C\C/C=C\C/C=C\C/C=C\C/C=C\C/C=C\CCC(=O)OCC(COC(=O)CCCCCCC/C=C\CCCCCC)OC(=O)CCCCCCC/C=C\CCCCCCCCC. The fourth-order valence-electron chi connectivity index (χ4n) is 7.22. The smallest absolute Gasteiger partial charge is 0.306 e. The highest BCUT2D eigenvalue weighted by molar-refractivity contribution is 5.71. The summed E-state index contributed by atoms with van der Waals surface area (Å²) < 4.78 is 16.7. The van der Waals surface area contributed by atoms with E-state index in [-0.39, 0.29) is 37.5 Å². The number of carbonyl (C=O) groups excluding carboxylic acids is 3. The van der Waals surface area contributed by atoms with Crippen LogP contribution in [0.4, 0.5) is 0 Å². The van der Waals surface area contributed by atoms with Gasteiger partial charge in [-0.1, -0.05) is 214 Å². The molecule has 0 aliphatic carbocycles. The Hall–Kier alpha value is -3.67. The Balaban J connectivity index is 4.52. The molecule has 0 fully saturated rings. The predicted molar refractivity (Wildman–Crippen MR) is 284 cm³/mol. The highest BCUT2D eigenvalue weighted by atomic mass is 16.6. The third-order valence-corrected chi connectivity index (χ3v) is 11.3. The molecule has 0 aliphatic rings. The molecule has 0 aliphatic heterocycles. The van der Waals surface area contributed by atoms with Gasteiger partial charge in [0.05, 0.1) is 0 Å². The van der Waals surface area contributed by atoms with E-state index in [0.717, 1.165) is 103 Å². The Bertz CT molecular complexity index is 1330. The van der Waals surface area contributed by atoms with Gasteiger partial charge in [0.15, 0.2) is 6.10 Å². The van der Waals surface area contributed by atoms with Crippen molar-refractivity contribution in [2.45, 2.75) is 252 Å². The van der Waals surface area contributed by atoms with Gasteiger partial charge in [-0.05, 0) is 109 Å². The first kappa shape index (κ1) is 62.3. The van der Waals surface area contributed by atoms with Crippen molar-refractivity contribution in [3.05, 3.63) is 97.2 Å². The molecule has 66 heavy (non-hydrogen) atoms. The van der Waals surface area contributed by atoms with Gasteiger partial charge in [0.25, 0.3) is 0 Å². The number of unbranched alkanes of at least 4 members (excludes halogenated alkanes) is 21. The van der Waals surface area contributed by atoms with Gasteiger partial charge in [-0.25, -0.2) is 0 Å². The fraction of sp³-hybridized carbons (Fsp3) is 0.683. The highest BCUT2D eigenvalue weighted by Gasteiger charge is 2.19. The third-order valence-electron chi connectivity index (χ3n) is 11.3. The van der Waals surface area contributed by atoms with E-state index in [0.29, 0.717) is 19.3 Å². The minimum Gasteiger partial charge on any atom is -0.462 e. The largest absolute Gasteiger partial charge is 0.462 e. The van der Waals surface area contributed by atoms with Gasteiger partial charge < -0.3 is 14.2 Å². The number of ether oxygens (including phenoxy) is 3. The van der Waals surface area contributed by atoms with Gasteiger partial charge >= 0.3 is 17.9 Å². The van der Waals surface area contributed by atoms with Crippen LogP contribution in [0.2, 0.25) is 0 Å². The summed E-state index contributed by atoms with van der Waals surface area (Å²) in [5.74, 6) is -1.01. The van der Waals surface area contributed by atoms with Crippen molar-refractivity contribution in [1.82, 2.24) is 0 Å². The number of hydrogen-bond donors (Lipinski definition) is 0. The van der Waals surface area contributed by atoms with E-state index >= 15 is 0 Å². The third kappa shape index (κ3) is 51.3. The molecule has 6 heteroatoms. The van der Waals surface area contributed by atoms with Gasteiger partial charge in [-0.2, -0.15) is 0 Å². The Morgan fingerprint density at radius 1 is 0.318 bits per heavy atom. The first-order valence-electron chi connectivity index (χ1n) is 27.2. The summed E-state index contributed by atoms with van der Waals surface area (Å²) >= 11 is 0. The Morgan fingerprint density at radius 3 is 1.03 bits per heavy atom. The molecule has 0 heterocycles. The first-order chi connectivity index (χ1) is 32.5. The maximum atomic E-state index is 12.8. The fourth-order valence-corrected chi connectivity index (χ4v) is 7.22. The summed E-state index contributed by atoms with van der Waals surface area (Å²) in [6.07, 6.45) is 71.2. The maximum absolute atomic E-state index is 12.8. The molecule has 0 saturated heterocycles. The lowest BCUT2D eigenvalue weighted by atomic mass is 10.1. The number of allylic oxidation sites excluding steroid dienone is 16. The molecule has 0 amide bonds. The van der Waals surface area contributed by atoms with Crippen LogP contribution in [0.5, 0.6) is 0 Å². The van der Waals surface area contributed by atoms with Crippen LogP contribution in [0.15, 0.2) is 97.2 Å². The molecule has 376 valence electrons. The number of carbonyl (C=O) groups is 3. The number of esters is 3. The highest BCUT2D eigenvalue weighted by Crippen LogP contribution is 2.13. The summed E-state index contributed by atoms with van der Waals surface area (Å²) in [7, 11) is 0. The Labute approximate surface area is 407 Å². The number of hydrogen-bond acceptors (Lipinski definition) is 6. The zero-order chi connectivity index (χ0) is 47.9. The van der Waals surface area contributed by atoms with Crippen molar-refractivity contribution in [3.63, 3.8) is 0 Å². The van der Waals surface area contributed by atoms with Crippen LogP contribution in [0.25, 0.3) is 0 Å². The molecule has 0 aromatic rings.